The minimum atomic E-state index is 0.341. The molecule has 0 aliphatic carbocycles. The molecule has 1 rings (SSSR count). The van der Waals surface area contributed by atoms with Gasteiger partial charge in [0.2, 0.25) is 6.41 Å². The van der Waals surface area contributed by atoms with Crippen molar-refractivity contribution < 1.29 is 4.79 Å². The molecule has 0 aromatic carbocycles. The van der Waals surface area contributed by atoms with Gasteiger partial charge in [-0.2, -0.15) is 0 Å². The molecule has 1 fully saturated rings. The lowest BCUT2D eigenvalue weighted by Crippen LogP contribution is -2.42. The summed E-state index contributed by atoms with van der Waals surface area (Å²) in [5, 5.41) is 5.98. The summed E-state index contributed by atoms with van der Waals surface area (Å²) >= 11 is 0. The van der Waals surface area contributed by atoms with E-state index in [2.05, 4.69) is 10.6 Å². The minimum Gasteiger partial charge on any atom is -0.356 e. The Morgan fingerprint density at radius 2 is 2.45 bits per heavy atom. The summed E-state index contributed by atoms with van der Waals surface area (Å²) in [5.41, 5.74) is 0. The monoisotopic (exact) mass is 156 g/mol. The van der Waals surface area contributed by atoms with Crippen LogP contribution in [0.25, 0.3) is 0 Å². The van der Waals surface area contributed by atoms with Crippen molar-refractivity contribution in [1.82, 2.24) is 10.6 Å². The van der Waals surface area contributed by atoms with Gasteiger partial charge < -0.3 is 10.6 Å². The zero-order valence-electron chi connectivity index (χ0n) is 6.97. The molecule has 0 aromatic rings. The molecule has 1 amide bonds. The van der Waals surface area contributed by atoms with E-state index in [4.69, 9.17) is 0 Å². The third kappa shape index (κ3) is 2.89. The fraction of sp³-hybridized carbons (Fsp3) is 0.875. The second kappa shape index (κ2) is 4.34. The molecule has 3 heteroatoms. The highest BCUT2D eigenvalue weighted by Crippen LogP contribution is 2.11. The summed E-state index contributed by atoms with van der Waals surface area (Å²) in [6, 6.07) is 0.341. The Kier molecular flexibility index (Phi) is 3.36. The van der Waals surface area contributed by atoms with Crippen molar-refractivity contribution in [2.75, 3.05) is 13.1 Å². The first-order valence-corrected chi connectivity index (χ1v) is 4.23. The Hall–Kier alpha value is -0.570. The van der Waals surface area contributed by atoms with Crippen molar-refractivity contribution in [1.29, 1.82) is 0 Å². The van der Waals surface area contributed by atoms with Crippen molar-refractivity contribution in [2.45, 2.75) is 25.8 Å². The van der Waals surface area contributed by atoms with Crippen LogP contribution in [0.15, 0.2) is 0 Å². The zero-order valence-corrected chi connectivity index (χ0v) is 6.97. The van der Waals surface area contributed by atoms with Crippen LogP contribution in [0.1, 0.15) is 19.8 Å². The van der Waals surface area contributed by atoms with E-state index in [0.717, 1.165) is 31.8 Å². The molecule has 1 heterocycles. The topological polar surface area (TPSA) is 41.1 Å². The molecule has 1 aliphatic heterocycles. The van der Waals surface area contributed by atoms with Gasteiger partial charge in [-0.1, -0.05) is 0 Å². The van der Waals surface area contributed by atoms with Crippen LogP contribution in [-0.4, -0.2) is 25.5 Å². The van der Waals surface area contributed by atoms with Gasteiger partial charge in [0.15, 0.2) is 0 Å². The molecule has 11 heavy (non-hydrogen) atoms. The maximum atomic E-state index is 10.0. The highest BCUT2D eigenvalue weighted by Gasteiger charge is 2.16. The first-order valence-electron chi connectivity index (χ1n) is 4.23. The lowest BCUT2D eigenvalue weighted by atomic mass is 9.95. The van der Waals surface area contributed by atoms with E-state index in [-0.39, 0.29) is 0 Å². The summed E-state index contributed by atoms with van der Waals surface area (Å²) in [6.07, 6.45) is 3.11. The van der Waals surface area contributed by atoms with Gasteiger partial charge in [-0.15, -0.1) is 0 Å². The molecule has 3 nitrogen and oxygen atoms in total. The fourth-order valence-corrected chi connectivity index (χ4v) is 1.24. The molecule has 0 bridgehead atoms. The standard InChI is InChI=1S/C8H16N2O/c1-7(10-6-11)2-3-8-4-9-5-8/h6-9H,2-5H2,1H3,(H,10,11). The average molecular weight is 156 g/mol. The van der Waals surface area contributed by atoms with Gasteiger partial charge in [0.25, 0.3) is 0 Å². The Morgan fingerprint density at radius 1 is 1.73 bits per heavy atom. The third-order valence-corrected chi connectivity index (χ3v) is 2.23. The van der Waals surface area contributed by atoms with Gasteiger partial charge in [-0.3, -0.25) is 4.79 Å². The SMILES string of the molecule is CC(CCC1CNC1)NC=O. The summed E-state index contributed by atoms with van der Waals surface area (Å²) in [7, 11) is 0. The molecule has 0 radical (unpaired) electrons. The van der Waals surface area contributed by atoms with Gasteiger partial charge >= 0.3 is 0 Å². The predicted octanol–water partition coefficient (Wildman–Crippen LogP) is 0.120. The molecule has 0 spiro atoms. The number of carbonyl (C=O) groups excluding carboxylic acids is 1. The highest BCUT2D eigenvalue weighted by molar-refractivity contribution is 5.46. The van der Waals surface area contributed by atoms with E-state index >= 15 is 0 Å². The molecular weight excluding hydrogens is 140 g/mol. The van der Waals surface area contributed by atoms with Gasteiger partial charge in [0.05, 0.1) is 0 Å². The Morgan fingerprint density at radius 3 is 2.91 bits per heavy atom. The maximum Gasteiger partial charge on any atom is 0.207 e. The fourth-order valence-electron chi connectivity index (χ4n) is 1.24. The van der Waals surface area contributed by atoms with Crippen LogP contribution < -0.4 is 10.6 Å². The lowest BCUT2D eigenvalue weighted by molar-refractivity contribution is -0.110. The molecule has 0 saturated carbocycles. The van der Waals surface area contributed by atoms with Crippen molar-refractivity contribution in [3.05, 3.63) is 0 Å². The summed E-state index contributed by atoms with van der Waals surface area (Å²) in [5.74, 6) is 0.853. The van der Waals surface area contributed by atoms with Crippen molar-refractivity contribution >= 4 is 6.41 Å². The minimum absolute atomic E-state index is 0.341. The van der Waals surface area contributed by atoms with Crippen LogP contribution in [0.2, 0.25) is 0 Å². The molecule has 1 atom stereocenters. The Balaban J connectivity index is 1.96. The van der Waals surface area contributed by atoms with Crippen molar-refractivity contribution in [2.24, 2.45) is 5.92 Å². The van der Waals surface area contributed by atoms with E-state index in [9.17, 15) is 4.79 Å². The van der Waals surface area contributed by atoms with Crippen LogP contribution >= 0.6 is 0 Å². The molecule has 2 N–H and O–H groups in total. The van der Waals surface area contributed by atoms with Gasteiger partial charge in [0, 0.05) is 6.04 Å². The van der Waals surface area contributed by atoms with Gasteiger partial charge in [0.1, 0.15) is 0 Å². The summed E-state index contributed by atoms with van der Waals surface area (Å²) < 4.78 is 0. The van der Waals surface area contributed by atoms with Crippen LogP contribution in [-0.2, 0) is 4.79 Å². The molecular formula is C8H16N2O. The van der Waals surface area contributed by atoms with Crippen LogP contribution in [0, 0.1) is 5.92 Å². The van der Waals surface area contributed by atoms with E-state index in [1.165, 1.54) is 6.42 Å². The first-order chi connectivity index (χ1) is 5.33. The normalized spacial score (nSPS) is 20.5. The number of amides is 1. The summed E-state index contributed by atoms with van der Waals surface area (Å²) in [4.78, 5) is 10.0. The van der Waals surface area contributed by atoms with E-state index < -0.39 is 0 Å². The van der Waals surface area contributed by atoms with Gasteiger partial charge in [-0.05, 0) is 38.8 Å². The zero-order chi connectivity index (χ0) is 8.10. The predicted molar refractivity (Wildman–Crippen MR) is 44.3 cm³/mol. The molecule has 1 aliphatic rings. The van der Waals surface area contributed by atoms with Crippen LogP contribution in [0.4, 0.5) is 0 Å². The first kappa shape index (κ1) is 8.53. The second-order valence-corrected chi connectivity index (χ2v) is 3.29. The van der Waals surface area contributed by atoms with Gasteiger partial charge in [-0.25, -0.2) is 0 Å². The number of hydrogen-bond donors (Lipinski definition) is 2. The maximum absolute atomic E-state index is 10.0. The third-order valence-electron chi connectivity index (χ3n) is 2.23. The largest absolute Gasteiger partial charge is 0.356 e. The highest BCUT2D eigenvalue weighted by atomic mass is 16.1. The molecule has 0 aromatic heterocycles. The Bertz CT molecular complexity index is 123. The van der Waals surface area contributed by atoms with Crippen LogP contribution in [0.5, 0.6) is 0 Å². The average Bonchev–Trinajstić information content (AvgIpc) is 1.85. The quantitative estimate of drug-likeness (QED) is 0.555. The Labute approximate surface area is 67.5 Å². The summed E-state index contributed by atoms with van der Waals surface area (Å²) in [6.45, 7) is 4.36. The van der Waals surface area contributed by atoms with E-state index in [0.29, 0.717) is 6.04 Å². The van der Waals surface area contributed by atoms with Crippen molar-refractivity contribution in [3.63, 3.8) is 0 Å². The van der Waals surface area contributed by atoms with Crippen LogP contribution in [0.3, 0.4) is 0 Å². The number of nitrogens with one attached hydrogen (secondary N) is 2. The molecule has 1 unspecified atom stereocenters. The molecule has 1 saturated heterocycles. The smallest absolute Gasteiger partial charge is 0.207 e. The number of hydrogen-bond acceptors (Lipinski definition) is 2. The number of rotatable bonds is 5. The lowest BCUT2D eigenvalue weighted by Gasteiger charge is -2.27. The van der Waals surface area contributed by atoms with E-state index in [1.807, 2.05) is 6.92 Å². The van der Waals surface area contributed by atoms with E-state index in [1.54, 1.807) is 0 Å². The van der Waals surface area contributed by atoms with Crippen molar-refractivity contribution in [3.8, 4) is 0 Å². The second-order valence-electron chi connectivity index (χ2n) is 3.29. The number of carbonyl (C=O) groups is 1. The molecule has 64 valence electrons.